The predicted molar refractivity (Wildman–Crippen MR) is 79.6 cm³/mol. The maximum atomic E-state index is 4.58. The van der Waals surface area contributed by atoms with Crippen molar-refractivity contribution in [1.29, 1.82) is 0 Å². The van der Waals surface area contributed by atoms with E-state index in [1.165, 1.54) is 0 Å². The molecule has 0 amide bonds. The van der Waals surface area contributed by atoms with Crippen LogP contribution in [0.3, 0.4) is 0 Å². The highest BCUT2D eigenvalue weighted by Gasteiger charge is 2.10. The standard InChI is InChI=1S/C13H16BrN3S/c1-13(2,3)16-7-10-4-5-15-12(17-10)11-6-9(14)8-18-11/h4-6,8,16H,7H2,1-3H3. The number of hydrogen-bond acceptors (Lipinski definition) is 4. The minimum Gasteiger partial charge on any atom is -0.306 e. The van der Waals surface area contributed by atoms with E-state index in [1.807, 2.05) is 23.7 Å². The van der Waals surface area contributed by atoms with E-state index in [9.17, 15) is 0 Å². The van der Waals surface area contributed by atoms with Crippen molar-refractivity contribution in [2.45, 2.75) is 32.9 Å². The normalized spacial score (nSPS) is 11.8. The Morgan fingerprint density at radius 2 is 2.17 bits per heavy atom. The molecule has 5 heteroatoms. The van der Waals surface area contributed by atoms with Gasteiger partial charge in [0.15, 0.2) is 5.82 Å². The number of aromatic nitrogens is 2. The third-order valence-corrected chi connectivity index (χ3v) is 3.99. The Balaban J connectivity index is 2.15. The van der Waals surface area contributed by atoms with Crippen molar-refractivity contribution in [3.63, 3.8) is 0 Å². The highest BCUT2D eigenvalue weighted by molar-refractivity contribution is 9.10. The molecule has 18 heavy (non-hydrogen) atoms. The number of hydrogen-bond donors (Lipinski definition) is 1. The van der Waals surface area contributed by atoms with Crippen molar-refractivity contribution in [1.82, 2.24) is 15.3 Å². The molecule has 0 fully saturated rings. The second-order valence-corrected chi connectivity index (χ2v) is 6.93. The summed E-state index contributed by atoms with van der Waals surface area (Å²) in [7, 11) is 0. The Bertz CT molecular complexity index is 531. The van der Waals surface area contributed by atoms with Crippen molar-refractivity contribution in [2.24, 2.45) is 0 Å². The van der Waals surface area contributed by atoms with E-state index in [0.717, 1.165) is 27.4 Å². The van der Waals surface area contributed by atoms with Crippen LogP contribution in [0.25, 0.3) is 10.7 Å². The van der Waals surface area contributed by atoms with Gasteiger partial charge in [0.05, 0.1) is 10.6 Å². The van der Waals surface area contributed by atoms with Crippen molar-refractivity contribution in [3.8, 4) is 10.7 Å². The summed E-state index contributed by atoms with van der Waals surface area (Å²) in [6.07, 6.45) is 1.82. The molecule has 1 N–H and O–H groups in total. The molecule has 0 aliphatic rings. The summed E-state index contributed by atoms with van der Waals surface area (Å²) in [5, 5.41) is 5.47. The van der Waals surface area contributed by atoms with Crippen LogP contribution in [0.15, 0.2) is 28.2 Å². The minimum atomic E-state index is 0.0943. The number of nitrogens with one attached hydrogen (secondary N) is 1. The third-order valence-electron chi connectivity index (χ3n) is 2.30. The lowest BCUT2D eigenvalue weighted by molar-refractivity contribution is 0.421. The minimum absolute atomic E-state index is 0.0943. The molecule has 2 heterocycles. The van der Waals surface area contributed by atoms with E-state index in [0.29, 0.717) is 0 Å². The van der Waals surface area contributed by atoms with Gasteiger partial charge in [0.2, 0.25) is 0 Å². The molecule has 0 atom stereocenters. The van der Waals surface area contributed by atoms with Gasteiger partial charge in [-0.05, 0) is 48.8 Å². The summed E-state index contributed by atoms with van der Waals surface area (Å²) in [6, 6.07) is 3.99. The highest BCUT2D eigenvalue weighted by Crippen LogP contribution is 2.27. The molecule has 0 radical (unpaired) electrons. The molecule has 2 rings (SSSR count). The van der Waals surface area contributed by atoms with Crippen LogP contribution < -0.4 is 5.32 Å². The molecular formula is C13H16BrN3S. The second kappa shape index (κ2) is 5.47. The summed E-state index contributed by atoms with van der Waals surface area (Å²) in [6.45, 7) is 7.19. The molecule has 2 aromatic rings. The Morgan fingerprint density at radius 3 is 2.78 bits per heavy atom. The van der Waals surface area contributed by atoms with Gasteiger partial charge < -0.3 is 5.32 Å². The van der Waals surface area contributed by atoms with Gasteiger partial charge >= 0.3 is 0 Å². The monoisotopic (exact) mass is 325 g/mol. The Morgan fingerprint density at radius 1 is 1.39 bits per heavy atom. The fraction of sp³-hybridized carbons (Fsp3) is 0.385. The molecule has 0 bridgehead atoms. The van der Waals surface area contributed by atoms with Crippen molar-refractivity contribution in [3.05, 3.63) is 33.9 Å². The van der Waals surface area contributed by atoms with Crippen molar-refractivity contribution < 1.29 is 0 Å². The van der Waals surface area contributed by atoms with Crippen molar-refractivity contribution >= 4 is 27.3 Å². The van der Waals surface area contributed by atoms with E-state index in [1.54, 1.807) is 11.3 Å². The number of rotatable bonds is 3. The van der Waals surface area contributed by atoms with E-state index in [-0.39, 0.29) is 5.54 Å². The topological polar surface area (TPSA) is 37.8 Å². The van der Waals surface area contributed by atoms with Crippen LogP contribution in [0.1, 0.15) is 26.5 Å². The van der Waals surface area contributed by atoms with Crippen LogP contribution >= 0.6 is 27.3 Å². The Labute approximate surface area is 120 Å². The predicted octanol–water partition coefficient (Wildman–Crippen LogP) is 3.86. The lowest BCUT2D eigenvalue weighted by atomic mass is 10.1. The van der Waals surface area contributed by atoms with Crippen LogP contribution in [-0.2, 0) is 6.54 Å². The average Bonchev–Trinajstić information content (AvgIpc) is 2.73. The molecule has 0 aromatic carbocycles. The quantitative estimate of drug-likeness (QED) is 0.931. The van der Waals surface area contributed by atoms with Crippen LogP contribution in [0, 0.1) is 0 Å². The first-order valence-corrected chi connectivity index (χ1v) is 7.43. The van der Waals surface area contributed by atoms with Gasteiger partial charge in [-0.15, -0.1) is 11.3 Å². The lowest BCUT2D eigenvalue weighted by Crippen LogP contribution is -2.35. The first kappa shape index (κ1) is 13.6. The Kier molecular flexibility index (Phi) is 4.14. The fourth-order valence-corrected chi connectivity index (χ4v) is 2.77. The fourth-order valence-electron chi connectivity index (χ4n) is 1.40. The molecule has 0 saturated heterocycles. The second-order valence-electron chi connectivity index (χ2n) is 5.10. The van der Waals surface area contributed by atoms with Crippen LogP contribution in [0.5, 0.6) is 0 Å². The summed E-state index contributed by atoms with van der Waals surface area (Å²) < 4.78 is 1.07. The van der Waals surface area contributed by atoms with Gasteiger partial charge in [0.25, 0.3) is 0 Å². The van der Waals surface area contributed by atoms with Gasteiger partial charge in [0.1, 0.15) is 0 Å². The molecule has 2 aromatic heterocycles. The van der Waals surface area contributed by atoms with Gasteiger partial charge in [-0.3, -0.25) is 0 Å². The van der Waals surface area contributed by atoms with Crippen LogP contribution in [0.4, 0.5) is 0 Å². The largest absolute Gasteiger partial charge is 0.306 e. The Hall–Kier alpha value is -0.780. The average molecular weight is 326 g/mol. The zero-order chi connectivity index (χ0) is 13.2. The van der Waals surface area contributed by atoms with Gasteiger partial charge in [-0.25, -0.2) is 9.97 Å². The van der Waals surface area contributed by atoms with E-state index >= 15 is 0 Å². The number of halogens is 1. The highest BCUT2D eigenvalue weighted by atomic mass is 79.9. The van der Waals surface area contributed by atoms with Gasteiger partial charge in [-0.2, -0.15) is 0 Å². The molecule has 96 valence electrons. The van der Waals surface area contributed by atoms with Crippen molar-refractivity contribution in [2.75, 3.05) is 0 Å². The molecule has 0 aliphatic heterocycles. The molecule has 0 unspecified atom stereocenters. The van der Waals surface area contributed by atoms with E-state index < -0.39 is 0 Å². The first-order chi connectivity index (χ1) is 8.44. The summed E-state index contributed by atoms with van der Waals surface area (Å²) in [5.41, 5.74) is 1.11. The first-order valence-electron chi connectivity index (χ1n) is 5.75. The molecule has 3 nitrogen and oxygen atoms in total. The number of thiophene rings is 1. The summed E-state index contributed by atoms with van der Waals surface area (Å²) in [4.78, 5) is 9.98. The molecule has 0 spiro atoms. The molecule has 0 saturated carbocycles. The smallest absolute Gasteiger partial charge is 0.169 e. The SMILES string of the molecule is CC(C)(C)NCc1ccnc(-c2cc(Br)cs2)n1. The lowest BCUT2D eigenvalue weighted by Gasteiger charge is -2.20. The van der Waals surface area contributed by atoms with Crippen LogP contribution in [0.2, 0.25) is 0 Å². The zero-order valence-electron chi connectivity index (χ0n) is 10.7. The maximum absolute atomic E-state index is 4.58. The molecule has 0 aliphatic carbocycles. The van der Waals surface area contributed by atoms with E-state index in [4.69, 9.17) is 0 Å². The molecular weight excluding hydrogens is 310 g/mol. The number of nitrogens with zero attached hydrogens (tertiary/aromatic N) is 2. The third kappa shape index (κ3) is 3.86. The summed E-state index contributed by atoms with van der Waals surface area (Å²) in [5.74, 6) is 0.791. The van der Waals surface area contributed by atoms with E-state index in [2.05, 4.69) is 52.0 Å². The summed E-state index contributed by atoms with van der Waals surface area (Å²) >= 11 is 5.09. The zero-order valence-corrected chi connectivity index (χ0v) is 13.1. The van der Waals surface area contributed by atoms with Gasteiger partial charge in [-0.1, -0.05) is 0 Å². The maximum Gasteiger partial charge on any atom is 0.169 e. The van der Waals surface area contributed by atoms with Gasteiger partial charge in [0, 0.05) is 28.1 Å². The van der Waals surface area contributed by atoms with Crippen LogP contribution in [-0.4, -0.2) is 15.5 Å².